The van der Waals surface area contributed by atoms with E-state index in [0.29, 0.717) is 11.3 Å². The number of alkyl halides is 3. The van der Waals surface area contributed by atoms with E-state index in [4.69, 9.17) is 5.73 Å². The highest BCUT2D eigenvalue weighted by Gasteiger charge is 2.34. The van der Waals surface area contributed by atoms with Crippen LogP contribution in [0.25, 0.3) is 11.1 Å². The second kappa shape index (κ2) is 4.57. The molecule has 0 heterocycles. The highest BCUT2D eigenvalue weighted by atomic mass is 19.4. The zero-order chi connectivity index (χ0) is 14.2. The van der Waals surface area contributed by atoms with E-state index in [1.165, 1.54) is 6.07 Å². The van der Waals surface area contributed by atoms with Gasteiger partial charge < -0.3 is 5.73 Å². The molecule has 0 atom stereocenters. The number of hydrogen-bond acceptors (Lipinski definition) is 1. The van der Waals surface area contributed by atoms with Gasteiger partial charge in [-0.25, -0.2) is 4.39 Å². The first-order chi connectivity index (χ1) is 8.77. The summed E-state index contributed by atoms with van der Waals surface area (Å²) < 4.78 is 51.1. The summed E-state index contributed by atoms with van der Waals surface area (Å²) in [4.78, 5) is 0. The van der Waals surface area contributed by atoms with Crippen LogP contribution in [0.1, 0.15) is 11.1 Å². The molecular formula is C14H11F4N. The number of rotatable bonds is 1. The lowest BCUT2D eigenvalue weighted by Gasteiger charge is -2.11. The van der Waals surface area contributed by atoms with E-state index in [9.17, 15) is 17.6 Å². The Kier molecular flexibility index (Phi) is 3.22. The molecule has 2 aromatic rings. The molecule has 0 spiro atoms. The minimum Gasteiger partial charge on any atom is -0.399 e. The van der Waals surface area contributed by atoms with Gasteiger partial charge in [-0.1, -0.05) is 12.1 Å². The summed E-state index contributed by atoms with van der Waals surface area (Å²) in [5, 5.41) is 0. The molecule has 19 heavy (non-hydrogen) atoms. The van der Waals surface area contributed by atoms with Gasteiger partial charge in [0.25, 0.3) is 0 Å². The average Bonchev–Trinajstić information content (AvgIpc) is 2.26. The van der Waals surface area contributed by atoms with Gasteiger partial charge in [0, 0.05) is 5.69 Å². The molecule has 0 saturated heterocycles. The van der Waals surface area contributed by atoms with Crippen molar-refractivity contribution in [2.45, 2.75) is 13.1 Å². The smallest absolute Gasteiger partial charge is 0.399 e. The lowest BCUT2D eigenvalue weighted by atomic mass is 10.00. The molecule has 100 valence electrons. The molecular weight excluding hydrogens is 258 g/mol. The molecule has 5 heteroatoms. The van der Waals surface area contributed by atoms with Gasteiger partial charge in [0.1, 0.15) is 5.82 Å². The molecule has 0 aliphatic rings. The summed E-state index contributed by atoms with van der Waals surface area (Å²) in [6.45, 7) is 1.79. The summed E-state index contributed by atoms with van der Waals surface area (Å²) in [5.74, 6) is -1.28. The third-order valence-electron chi connectivity index (χ3n) is 2.70. The summed E-state index contributed by atoms with van der Waals surface area (Å²) in [6, 6.07) is 7.88. The van der Waals surface area contributed by atoms with Gasteiger partial charge in [0.15, 0.2) is 0 Å². The maximum Gasteiger partial charge on any atom is 0.419 e. The molecule has 0 saturated carbocycles. The molecule has 0 radical (unpaired) electrons. The van der Waals surface area contributed by atoms with Crippen LogP contribution in [0.2, 0.25) is 0 Å². The van der Waals surface area contributed by atoms with Crippen LogP contribution in [-0.4, -0.2) is 0 Å². The van der Waals surface area contributed by atoms with Gasteiger partial charge in [-0.3, -0.25) is 0 Å². The number of nitrogens with two attached hydrogens (primary N) is 1. The van der Waals surface area contributed by atoms with Gasteiger partial charge in [-0.05, 0) is 47.9 Å². The molecule has 2 rings (SSSR count). The Morgan fingerprint density at radius 1 is 0.947 bits per heavy atom. The van der Waals surface area contributed by atoms with E-state index >= 15 is 0 Å². The van der Waals surface area contributed by atoms with Crippen LogP contribution >= 0.6 is 0 Å². The lowest BCUT2D eigenvalue weighted by Crippen LogP contribution is -2.08. The quantitative estimate of drug-likeness (QED) is 0.602. The van der Waals surface area contributed by atoms with Crippen molar-refractivity contribution < 1.29 is 17.6 Å². The topological polar surface area (TPSA) is 26.0 Å². The van der Waals surface area contributed by atoms with Crippen LogP contribution in [0.3, 0.4) is 0 Å². The number of aryl methyl sites for hydroxylation is 1. The molecule has 1 nitrogen and oxygen atoms in total. The number of benzene rings is 2. The van der Waals surface area contributed by atoms with Crippen molar-refractivity contribution in [3.63, 3.8) is 0 Å². The fraction of sp³-hybridized carbons (Fsp3) is 0.143. The fourth-order valence-corrected chi connectivity index (χ4v) is 1.90. The lowest BCUT2D eigenvalue weighted by molar-refractivity contribution is -0.139. The van der Waals surface area contributed by atoms with E-state index in [2.05, 4.69) is 0 Å². The minimum atomic E-state index is -4.71. The van der Waals surface area contributed by atoms with Crippen LogP contribution < -0.4 is 5.73 Å². The van der Waals surface area contributed by atoms with E-state index in [1.54, 1.807) is 25.1 Å². The predicted molar refractivity (Wildman–Crippen MR) is 66.0 cm³/mol. The largest absolute Gasteiger partial charge is 0.419 e. The van der Waals surface area contributed by atoms with Crippen LogP contribution in [0.15, 0.2) is 36.4 Å². The second-order valence-electron chi connectivity index (χ2n) is 4.32. The summed E-state index contributed by atoms with van der Waals surface area (Å²) in [7, 11) is 0. The van der Waals surface area contributed by atoms with Gasteiger partial charge in [-0.15, -0.1) is 0 Å². The molecule has 0 amide bonds. The van der Waals surface area contributed by atoms with Crippen molar-refractivity contribution in [2.24, 2.45) is 0 Å². The molecule has 0 aliphatic heterocycles. The molecule has 2 N–H and O–H groups in total. The van der Waals surface area contributed by atoms with Crippen molar-refractivity contribution in [2.75, 3.05) is 5.73 Å². The first-order valence-corrected chi connectivity index (χ1v) is 5.51. The van der Waals surface area contributed by atoms with E-state index < -0.39 is 17.6 Å². The normalized spacial score (nSPS) is 11.6. The Balaban J connectivity index is 2.58. The third-order valence-corrected chi connectivity index (χ3v) is 2.70. The van der Waals surface area contributed by atoms with E-state index in [0.717, 1.165) is 17.7 Å². The van der Waals surface area contributed by atoms with Crippen molar-refractivity contribution in [1.29, 1.82) is 0 Å². The van der Waals surface area contributed by atoms with Crippen molar-refractivity contribution in [3.05, 3.63) is 53.3 Å². The second-order valence-corrected chi connectivity index (χ2v) is 4.32. The standard InChI is InChI=1S/C14H11F4N/c1-8-4-10(6-11(19)5-8)9-2-3-13(15)12(7-9)14(16,17)18/h2-7H,19H2,1H3. The zero-order valence-corrected chi connectivity index (χ0v) is 10.1. The van der Waals surface area contributed by atoms with Crippen LogP contribution in [-0.2, 0) is 6.18 Å². The van der Waals surface area contributed by atoms with E-state index in [-0.39, 0.29) is 5.56 Å². The number of hydrogen-bond donors (Lipinski definition) is 1. The van der Waals surface area contributed by atoms with Crippen LogP contribution in [0, 0.1) is 12.7 Å². The van der Waals surface area contributed by atoms with Gasteiger partial charge in [-0.2, -0.15) is 13.2 Å². The summed E-state index contributed by atoms with van der Waals surface area (Å²) in [6.07, 6.45) is -4.71. The molecule has 2 aromatic carbocycles. The maximum atomic E-state index is 13.2. The highest BCUT2D eigenvalue weighted by molar-refractivity contribution is 5.69. The van der Waals surface area contributed by atoms with E-state index in [1.807, 2.05) is 0 Å². The first-order valence-electron chi connectivity index (χ1n) is 5.51. The summed E-state index contributed by atoms with van der Waals surface area (Å²) in [5.41, 5.74) is 6.47. The van der Waals surface area contributed by atoms with Gasteiger partial charge in [0.2, 0.25) is 0 Å². The molecule has 0 bridgehead atoms. The van der Waals surface area contributed by atoms with Crippen molar-refractivity contribution in [1.82, 2.24) is 0 Å². The zero-order valence-electron chi connectivity index (χ0n) is 10.1. The van der Waals surface area contributed by atoms with Gasteiger partial charge in [0.05, 0.1) is 5.56 Å². The molecule has 0 aliphatic carbocycles. The molecule has 0 aromatic heterocycles. The number of anilines is 1. The fourth-order valence-electron chi connectivity index (χ4n) is 1.90. The average molecular weight is 269 g/mol. The van der Waals surface area contributed by atoms with Crippen molar-refractivity contribution >= 4 is 5.69 Å². The van der Waals surface area contributed by atoms with Gasteiger partial charge >= 0.3 is 6.18 Å². The maximum absolute atomic E-state index is 13.2. The summed E-state index contributed by atoms with van der Waals surface area (Å²) >= 11 is 0. The first kappa shape index (κ1) is 13.4. The predicted octanol–water partition coefficient (Wildman–Crippen LogP) is 4.40. The third kappa shape index (κ3) is 2.86. The van der Waals surface area contributed by atoms with Crippen LogP contribution in [0.5, 0.6) is 0 Å². The Labute approximate surface area is 107 Å². The van der Waals surface area contributed by atoms with Crippen molar-refractivity contribution in [3.8, 4) is 11.1 Å². The minimum absolute atomic E-state index is 0.282. The SMILES string of the molecule is Cc1cc(N)cc(-c2ccc(F)c(C(F)(F)F)c2)c1. The Hall–Kier alpha value is -2.04. The molecule has 0 unspecified atom stereocenters. The Morgan fingerprint density at radius 3 is 2.21 bits per heavy atom. The monoisotopic (exact) mass is 269 g/mol. The van der Waals surface area contributed by atoms with Crippen LogP contribution in [0.4, 0.5) is 23.2 Å². The molecule has 0 fully saturated rings. The number of nitrogen functional groups attached to an aromatic ring is 1. The Morgan fingerprint density at radius 2 is 1.63 bits per heavy atom. The highest BCUT2D eigenvalue weighted by Crippen LogP contribution is 2.34. The Bertz CT molecular complexity index is 597. The number of halogens is 4.